The molecular weight excluding hydrogens is 370 g/mol. The van der Waals surface area contributed by atoms with Crippen LogP contribution >= 0.6 is 11.3 Å². The van der Waals surface area contributed by atoms with Crippen molar-refractivity contribution in [1.29, 1.82) is 0 Å². The molecule has 0 atom stereocenters. The van der Waals surface area contributed by atoms with Gasteiger partial charge in [-0.15, -0.1) is 11.3 Å². The number of rotatable bonds is 6. The highest BCUT2D eigenvalue weighted by atomic mass is 32.2. The second kappa shape index (κ2) is 7.48. The standard InChI is InChI=1S/C17H19N5O2S2/c1-11-12(2)21-17(13-5-4-8-19-9-13)22-16(11)20-10-14-6-7-15(25-14)26(23,24)18-3/h4-9,18H,10H2,1-3H3,(H,20,21,22). The third kappa shape index (κ3) is 3.90. The van der Waals surface area contributed by atoms with Gasteiger partial charge in [0.1, 0.15) is 10.0 Å². The van der Waals surface area contributed by atoms with Gasteiger partial charge in [-0.25, -0.2) is 23.1 Å². The fourth-order valence-electron chi connectivity index (χ4n) is 2.29. The fraction of sp³-hybridized carbons (Fsp3) is 0.235. The van der Waals surface area contributed by atoms with Gasteiger partial charge in [0.25, 0.3) is 0 Å². The van der Waals surface area contributed by atoms with Gasteiger partial charge in [-0.3, -0.25) is 4.98 Å². The molecule has 3 aromatic rings. The molecular formula is C17H19N5O2S2. The molecule has 0 spiro atoms. The number of nitrogens with one attached hydrogen (secondary N) is 2. The van der Waals surface area contributed by atoms with Crippen LogP contribution in [0.2, 0.25) is 0 Å². The number of hydrogen-bond acceptors (Lipinski definition) is 7. The molecule has 9 heteroatoms. The number of thiophene rings is 1. The molecule has 7 nitrogen and oxygen atoms in total. The maximum absolute atomic E-state index is 11.8. The highest BCUT2D eigenvalue weighted by Gasteiger charge is 2.15. The van der Waals surface area contributed by atoms with Gasteiger partial charge in [-0.2, -0.15) is 0 Å². The highest BCUT2D eigenvalue weighted by molar-refractivity contribution is 7.91. The van der Waals surface area contributed by atoms with Crippen molar-refractivity contribution >= 4 is 27.2 Å². The van der Waals surface area contributed by atoms with Crippen LogP contribution in [-0.2, 0) is 16.6 Å². The van der Waals surface area contributed by atoms with E-state index in [0.29, 0.717) is 16.6 Å². The van der Waals surface area contributed by atoms with E-state index in [-0.39, 0.29) is 0 Å². The minimum atomic E-state index is -3.41. The van der Waals surface area contributed by atoms with Gasteiger partial charge < -0.3 is 5.32 Å². The third-order valence-corrected chi connectivity index (χ3v) is 6.90. The van der Waals surface area contributed by atoms with E-state index in [1.165, 1.54) is 18.4 Å². The van der Waals surface area contributed by atoms with Crippen LogP contribution in [0.25, 0.3) is 11.4 Å². The highest BCUT2D eigenvalue weighted by Crippen LogP contribution is 2.24. The Balaban J connectivity index is 1.83. The Morgan fingerprint density at radius 2 is 1.96 bits per heavy atom. The van der Waals surface area contributed by atoms with E-state index in [1.54, 1.807) is 24.5 Å². The molecule has 0 bridgehead atoms. The third-order valence-electron chi connectivity index (χ3n) is 3.91. The van der Waals surface area contributed by atoms with E-state index in [2.05, 4.69) is 25.0 Å². The van der Waals surface area contributed by atoms with E-state index in [1.807, 2.05) is 26.0 Å². The van der Waals surface area contributed by atoms with Gasteiger partial charge in [0.15, 0.2) is 5.82 Å². The summed E-state index contributed by atoms with van der Waals surface area (Å²) in [6.07, 6.45) is 3.43. The first-order chi connectivity index (χ1) is 12.4. The number of hydrogen-bond donors (Lipinski definition) is 2. The van der Waals surface area contributed by atoms with Gasteiger partial charge >= 0.3 is 0 Å². The summed E-state index contributed by atoms with van der Waals surface area (Å²) in [6.45, 7) is 4.37. The fourth-order valence-corrected chi connectivity index (χ4v) is 4.43. The first-order valence-corrected chi connectivity index (χ1v) is 10.2. The lowest BCUT2D eigenvalue weighted by Crippen LogP contribution is -2.17. The van der Waals surface area contributed by atoms with Crippen molar-refractivity contribution in [2.24, 2.45) is 0 Å². The molecule has 0 amide bonds. The van der Waals surface area contributed by atoms with Crippen LogP contribution < -0.4 is 10.0 Å². The zero-order valence-electron chi connectivity index (χ0n) is 14.6. The van der Waals surface area contributed by atoms with Crippen LogP contribution in [-0.4, -0.2) is 30.4 Å². The lowest BCUT2D eigenvalue weighted by atomic mass is 10.2. The van der Waals surface area contributed by atoms with E-state index < -0.39 is 10.0 Å². The van der Waals surface area contributed by atoms with Crippen molar-refractivity contribution in [3.05, 3.63) is 52.8 Å². The van der Waals surface area contributed by atoms with Gasteiger partial charge in [0, 0.05) is 34.1 Å². The van der Waals surface area contributed by atoms with Gasteiger partial charge in [-0.1, -0.05) is 0 Å². The summed E-state index contributed by atoms with van der Waals surface area (Å²) in [4.78, 5) is 14.1. The maximum atomic E-state index is 11.8. The second-order valence-electron chi connectivity index (χ2n) is 5.63. The minimum absolute atomic E-state index is 0.295. The number of nitrogens with zero attached hydrogens (tertiary/aromatic N) is 3. The van der Waals surface area contributed by atoms with E-state index in [0.717, 1.165) is 27.5 Å². The quantitative estimate of drug-likeness (QED) is 0.673. The summed E-state index contributed by atoms with van der Waals surface area (Å²) in [5.41, 5.74) is 2.68. The zero-order valence-corrected chi connectivity index (χ0v) is 16.3. The number of sulfonamides is 1. The van der Waals surface area contributed by atoms with E-state index in [4.69, 9.17) is 0 Å². The maximum Gasteiger partial charge on any atom is 0.249 e. The molecule has 0 unspecified atom stereocenters. The molecule has 2 N–H and O–H groups in total. The van der Waals surface area contributed by atoms with Crippen molar-refractivity contribution < 1.29 is 8.42 Å². The van der Waals surface area contributed by atoms with Crippen molar-refractivity contribution in [1.82, 2.24) is 19.7 Å². The number of aromatic nitrogens is 3. The molecule has 3 heterocycles. The van der Waals surface area contributed by atoms with Crippen molar-refractivity contribution in [3.63, 3.8) is 0 Å². The predicted molar refractivity (Wildman–Crippen MR) is 103 cm³/mol. The lowest BCUT2D eigenvalue weighted by Gasteiger charge is -2.11. The number of pyridine rings is 1. The molecule has 0 aliphatic rings. The van der Waals surface area contributed by atoms with Gasteiger partial charge in [0.05, 0.1) is 6.54 Å². The SMILES string of the molecule is CNS(=O)(=O)c1ccc(CNc2nc(-c3cccnc3)nc(C)c2C)s1. The average molecular weight is 390 g/mol. The van der Waals surface area contributed by atoms with Gasteiger partial charge in [0.2, 0.25) is 10.0 Å². The summed E-state index contributed by atoms with van der Waals surface area (Å²) in [5.74, 6) is 1.33. The molecule has 0 radical (unpaired) electrons. The Kier molecular flexibility index (Phi) is 5.30. The van der Waals surface area contributed by atoms with Crippen LogP contribution in [0.5, 0.6) is 0 Å². The molecule has 136 valence electrons. The summed E-state index contributed by atoms with van der Waals surface area (Å²) >= 11 is 1.23. The van der Waals surface area contributed by atoms with Gasteiger partial charge in [-0.05, 0) is 45.2 Å². The molecule has 3 aromatic heterocycles. The summed E-state index contributed by atoms with van der Waals surface area (Å²) in [7, 11) is -2.01. The first kappa shape index (κ1) is 18.4. The van der Waals surface area contributed by atoms with Crippen LogP contribution in [0.1, 0.15) is 16.1 Å². The zero-order chi connectivity index (χ0) is 18.7. The van der Waals surface area contributed by atoms with Crippen LogP contribution in [0.4, 0.5) is 5.82 Å². The average Bonchev–Trinajstić information content (AvgIpc) is 3.13. The molecule has 0 aliphatic heterocycles. The number of aryl methyl sites for hydroxylation is 1. The Hall–Kier alpha value is -2.36. The van der Waals surface area contributed by atoms with E-state index in [9.17, 15) is 8.42 Å². The molecule has 0 saturated carbocycles. The molecule has 0 saturated heterocycles. The van der Waals surface area contributed by atoms with E-state index >= 15 is 0 Å². The number of anilines is 1. The molecule has 3 rings (SSSR count). The Morgan fingerprint density at radius 3 is 2.65 bits per heavy atom. The molecule has 0 aromatic carbocycles. The van der Waals surface area contributed by atoms with Crippen molar-refractivity contribution in [2.75, 3.05) is 12.4 Å². The summed E-state index contributed by atoms with van der Waals surface area (Å²) < 4.78 is 26.3. The summed E-state index contributed by atoms with van der Waals surface area (Å²) in [6, 6.07) is 7.16. The normalized spacial score (nSPS) is 11.5. The minimum Gasteiger partial charge on any atom is -0.365 e. The van der Waals surface area contributed by atoms with Crippen LogP contribution in [0.15, 0.2) is 40.9 Å². The van der Waals surface area contributed by atoms with Crippen LogP contribution in [0.3, 0.4) is 0 Å². The molecule has 0 aliphatic carbocycles. The lowest BCUT2D eigenvalue weighted by molar-refractivity contribution is 0.590. The smallest absolute Gasteiger partial charge is 0.249 e. The Bertz CT molecular complexity index is 1020. The van der Waals surface area contributed by atoms with Crippen molar-refractivity contribution in [3.8, 4) is 11.4 Å². The summed E-state index contributed by atoms with van der Waals surface area (Å²) in [5, 5.41) is 3.29. The first-order valence-electron chi connectivity index (χ1n) is 7.92. The molecule has 26 heavy (non-hydrogen) atoms. The predicted octanol–water partition coefficient (Wildman–Crippen LogP) is 2.74. The monoisotopic (exact) mass is 389 g/mol. The van der Waals surface area contributed by atoms with Crippen molar-refractivity contribution in [2.45, 2.75) is 24.6 Å². The largest absolute Gasteiger partial charge is 0.365 e. The molecule has 0 fully saturated rings. The Labute approximate surface area is 156 Å². The van der Waals surface area contributed by atoms with Crippen LogP contribution in [0, 0.1) is 13.8 Å². The second-order valence-corrected chi connectivity index (χ2v) is 8.91. The topological polar surface area (TPSA) is 96.9 Å². The Morgan fingerprint density at radius 1 is 1.15 bits per heavy atom.